The molecule has 1 aromatic carbocycles. The summed E-state index contributed by atoms with van der Waals surface area (Å²) in [6, 6.07) is 16.2. The Morgan fingerprint density at radius 2 is 1.58 bits per heavy atom. The molecule has 0 radical (unpaired) electrons. The molecule has 190 valence electrons. The molecule has 0 bridgehead atoms. The number of hydrogen-bond donors (Lipinski definition) is 2. The molecule has 5 rings (SSSR count). The summed E-state index contributed by atoms with van der Waals surface area (Å²) in [6.45, 7) is 6.96. The smallest absolute Gasteiger partial charge is 0.232 e. The second-order valence-corrected chi connectivity index (χ2v) is 10.3. The molecule has 2 aliphatic heterocycles. The van der Waals surface area contributed by atoms with E-state index in [0.717, 1.165) is 60.8 Å². The van der Waals surface area contributed by atoms with Gasteiger partial charge in [0.05, 0.1) is 6.54 Å². The molecule has 0 unspecified atom stereocenters. The van der Waals surface area contributed by atoms with Gasteiger partial charge in [0.15, 0.2) is 5.11 Å². The van der Waals surface area contributed by atoms with Crippen LogP contribution in [-0.4, -0.2) is 41.3 Å². The maximum absolute atomic E-state index is 5.99. The Morgan fingerprint density at radius 1 is 0.917 bits per heavy atom. The Hall–Kier alpha value is -3.13. The van der Waals surface area contributed by atoms with Gasteiger partial charge in [-0.3, -0.25) is 0 Å². The molecule has 0 aliphatic carbocycles. The molecule has 3 aromatic rings. The van der Waals surface area contributed by atoms with E-state index in [4.69, 9.17) is 26.6 Å². The summed E-state index contributed by atoms with van der Waals surface area (Å²) in [7, 11) is 0. The largest absolute Gasteiger partial charge is 0.459 e. The van der Waals surface area contributed by atoms with E-state index in [1.165, 1.54) is 38.5 Å². The molecule has 0 spiro atoms. The number of furan rings is 1. The van der Waals surface area contributed by atoms with Crippen molar-refractivity contribution in [2.45, 2.75) is 52.0 Å². The van der Waals surface area contributed by atoms with Crippen LogP contribution in [0, 0.1) is 5.92 Å². The van der Waals surface area contributed by atoms with Gasteiger partial charge in [-0.2, -0.15) is 9.97 Å². The summed E-state index contributed by atoms with van der Waals surface area (Å²) in [5.41, 5.74) is 1.06. The molecule has 4 heterocycles. The molecule has 2 N–H and O–H groups in total. The zero-order chi connectivity index (χ0) is 24.7. The fourth-order valence-electron chi connectivity index (χ4n) is 4.88. The van der Waals surface area contributed by atoms with Crippen LogP contribution in [0.1, 0.15) is 51.2 Å². The number of nitrogens with one attached hydrogen (secondary N) is 2. The third-order valence-corrected chi connectivity index (χ3v) is 7.35. The zero-order valence-corrected chi connectivity index (χ0v) is 21.9. The Bertz CT molecular complexity index is 1130. The van der Waals surface area contributed by atoms with Crippen LogP contribution in [0.15, 0.2) is 52.9 Å². The number of rotatable bonds is 6. The summed E-state index contributed by atoms with van der Waals surface area (Å²) < 4.78 is 5.99. The number of aromatic nitrogens is 2. The van der Waals surface area contributed by atoms with Crippen molar-refractivity contribution in [3.8, 4) is 11.3 Å². The summed E-state index contributed by atoms with van der Waals surface area (Å²) in [4.78, 5) is 14.5. The molecule has 0 amide bonds. The standard InChI is InChI=1S/C28H36N6OS/c1-21-13-17-34(18-14-21)26-19-25(33-15-7-2-3-8-16-33)30-27(31-26)32-28(36)29-20-23-11-12-24(35-23)22-9-5-4-6-10-22/h4-6,9-12,19,21H,2-3,7-8,13-18,20H2,1H3,(H2,29,30,31,32,36). The molecule has 2 aromatic heterocycles. The maximum atomic E-state index is 5.99. The monoisotopic (exact) mass is 504 g/mol. The maximum Gasteiger partial charge on any atom is 0.232 e. The lowest BCUT2D eigenvalue weighted by molar-refractivity contribution is 0.436. The second-order valence-electron chi connectivity index (χ2n) is 9.92. The molecule has 2 saturated heterocycles. The first kappa shape index (κ1) is 24.6. The van der Waals surface area contributed by atoms with Gasteiger partial charge in [-0.05, 0) is 56.0 Å². The van der Waals surface area contributed by atoms with Gasteiger partial charge in [-0.15, -0.1) is 0 Å². The van der Waals surface area contributed by atoms with Crippen LogP contribution in [0.3, 0.4) is 0 Å². The Balaban J connectivity index is 1.27. The zero-order valence-electron chi connectivity index (χ0n) is 21.1. The third-order valence-electron chi connectivity index (χ3n) is 7.11. The van der Waals surface area contributed by atoms with E-state index in [1.807, 2.05) is 42.5 Å². The minimum atomic E-state index is 0.485. The topological polar surface area (TPSA) is 69.5 Å². The molecule has 8 heteroatoms. The van der Waals surface area contributed by atoms with Crippen LogP contribution in [0.5, 0.6) is 0 Å². The average molecular weight is 505 g/mol. The molecular formula is C28H36N6OS. The molecule has 0 atom stereocenters. The average Bonchev–Trinajstić information content (AvgIpc) is 3.21. The highest BCUT2D eigenvalue weighted by atomic mass is 32.1. The van der Waals surface area contributed by atoms with Crippen molar-refractivity contribution in [1.29, 1.82) is 0 Å². The minimum Gasteiger partial charge on any atom is -0.459 e. The van der Waals surface area contributed by atoms with Crippen LogP contribution in [0.4, 0.5) is 17.6 Å². The summed E-state index contributed by atoms with van der Waals surface area (Å²) in [6.07, 6.45) is 7.38. The van der Waals surface area contributed by atoms with E-state index in [1.54, 1.807) is 0 Å². The molecule has 2 aliphatic rings. The van der Waals surface area contributed by atoms with Gasteiger partial charge in [-0.1, -0.05) is 50.1 Å². The van der Waals surface area contributed by atoms with Gasteiger partial charge in [0.1, 0.15) is 23.2 Å². The molecule has 2 fully saturated rings. The van der Waals surface area contributed by atoms with Crippen LogP contribution >= 0.6 is 12.2 Å². The second kappa shape index (κ2) is 11.7. The molecular weight excluding hydrogens is 468 g/mol. The lowest BCUT2D eigenvalue weighted by atomic mass is 9.99. The van der Waals surface area contributed by atoms with Crippen molar-refractivity contribution in [3.05, 3.63) is 54.3 Å². The fraction of sp³-hybridized carbons (Fsp3) is 0.464. The van der Waals surface area contributed by atoms with Crippen molar-refractivity contribution in [2.24, 2.45) is 5.92 Å². The van der Waals surface area contributed by atoms with Gasteiger partial charge >= 0.3 is 0 Å². The van der Waals surface area contributed by atoms with Crippen LogP contribution in [0.2, 0.25) is 0 Å². The normalized spacial score (nSPS) is 17.0. The number of piperidine rings is 1. The molecule has 36 heavy (non-hydrogen) atoms. The number of nitrogens with zero attached hydrogens (tertiary/aromatic N) is 4. The predicted octanol–water partition coefficient (Wildman–Crippen LogP) is 5.84. The Morgan fingerprint density at radius 3 is 2.28 bits per heavy atom. The van der Waals surface area contributed by atoms with E-state index >= 15 is 0 Å². The summed E-state index contributed by atoms with van der Waals surface area (Å²) >= 11 is 5.60. The SMILES string of the molecule is CC1CCN(c2cc(N3CCCCCC3)nc(NC(=S)NCc3ccc(-c4ccccc4)o3)n2)CC1. The summed E-state index contributed by atoms with van der Waals surface area (Å²) in [5.74, 6) is 4.96. The van der Waals surface area contributed by atoms with Gasteiger partial charge in [0.2, 0.25) is 5.95 Å². The highest BCUT2D eigenvalue weighted by Gasteiger charge is 2.21. The highest BCUT2D eigenvalue weighted by molar-refractivity contribution is 7.80. The first-order chi connectivity index (χ1) is 17.6. The quantitative estimate of drug-likeness (QED) is 0.406. The Labute approximate surface area is 219 Å². The van der Waals surface area contributed by atoms with Crippen molar-refractivity contribution in [1.82, 2.24) is 15.3 Å². The Kier molecular flexibility index (Phi) is 8.01. The van der Waals surface area contributed by atoms with E-state index in [-0.39, 0.29) is 0 Å². The van der Waals surface area contributed by atoms with Crippen molar-refractivity contribution in [3.63, 3.8) is 0 Å². The molecule has 0 saturated carbocycles. The van der Waals surface area contributed by atoms with Crippen LogP contribution < -0.4 is 20.4 Å². The van der Waals surface area contributed by atoms with Crippen molar-refractivity contribution >= 4 is 34.9 Å². The van der Waals surface area contributed by atoms with Gasteiger partial charge in [0, 0.05) is 37.8 Å². The molecule has 7 nitrogen and oxygen atoms in total. The number of benzene rings is 1. The van der Waals surface area contributed by atoms with Gasteiger partial charge in [0.25, 0.3) is 0 Å². The first-order valence-electron chi connectivity index (χ1n) is 13.2. The van der Waals surface area contributed by atoms with E-state index in [0.29, 0.717) is 17.6 Å². The van der Waals surface area contributed by atoms with Gasteiger partial charge in [-0.25, -0.2) is 0 Å². The van der Waals surface area contributed by atoms with Crippen molar-refractivity contribution in [2.75, 3.05) is 41.3 Å². The highest BCUT2D eigenvalue weighted by Crippen LogP contribution is 2.27. The third kappa shape index (κ3) is 6.35. The van der Waals surface area contributed by atoms with E-state index in [2.05, 4.69) is 33.4 Å². The van der Waals surface area contributed by atoms with Gasteiger partial charge < -0.3 is 24.9 Å². The number of hydrogen-bond acceptors (Lipinski definition) is 6. The van der Waals surface area contributed by atoms with Crippen LogP contribution in [-0.2, 0) is 6.54 Å². The van der Waals surface area contributed by atoms with E-state index in [9.17, 15) is 0 Å². The van der Waals surface area contributed by atoms with E-state index < -0.39 is 0 Å². The fourth-order valence-corrected chi connectivity index (χ4v) is 5.05. The first-order valence-corrected chi connectivity index (χ1v) is 13.6. The number of thiocarbonyl (C=S) groups is 1. The van der Waals surface area contributed by atoms with Crippen LogP contribution in [0.25, 0.3) is 11.3 Å². The number of anilines is 3. The lowest BCUT2D eigenvalue weighted by Crippen LogP contribution is -2.35. The predicted molar refractivity (Wildman–Crippen MR) is 151 cm³/mol. The minimum absolute atomic E-state index is 0.485. The van der Waals surface area contributed by atoms with Crippen molar-refractivity contribution < 1.29 is 4.42 Å². The summed E-state index contributed by atoms with van der Waals surface area (Å²) in [5, 5.41) is 6.97. The lowest BCUT2D eigenvalue weighted by Gasteiger charge is -2.32.